The Hall–Kier alpha value is -2.36. The first-order valence-electron chi connectivity index (χ1n) is 8.13. The molecule has 0 saturated carbocycles. The Bertz CT molecular complexity index is 829. The zero-order valence-corrected chi connectivity index (χ0v) is 14.5. The molecule has 0 saturated heterocycles. The third-order valence-corrected chi connectivity index (χ3v) is 3.96. The number of anilines is 1. The van der Waals surface area contributed by atoms with Crippen LogP contribution in [0.4, 0.5) is 5.82 Å². The highest BCUT2D eigenvalue weighted by atomic mass is 15.3. The summed E-state index contributed by atoms with van der Waals surface area (Å²) in [7, 11) is 0. The summed E-state index contributed by atoms with van der Waals surface area (Å²) in [6, 6.07) is 10.5. The Kier molecular flexibility index (Phi) is 4.07. The zero-order valence-electron chi connectivity index (χ0n) is 14.5. The molecule has 0 amide bonds. The van der Waals surface area contributed by atoms with Gasteiger partial charge in [-0.1, -0.05) is 43.7 Å². The van der Waals surface area contributed by atoms with Crippen LogP contribution in [0, 0.1) is 26.7 Å². The molecule has 120 valence electrons. The first kappa shape index (κ1) is 15.5. The highest BCUT2D eigenvalue weighted by Crippen LogP contribution is 2.27. The Labute approximate surface area is 137 Å². The number of hydrogen-bond acceptors (Lipinski definition) is 3. The number of nitrogens with zero attached hydrogens (tertiary/aromatic N) is 3. The fourth-order valence-electron chi connectivity index (χ4n) is 2.66. The molecule has 4 heteroatoms. The molecule has 4 nitrogen and oxygen atoms in total. The van der Waals surface area contributed by atoms with Crippen molar-refractivity contribution in [3.63, 3.8) is 0 Å². The summed E-state index contributed by atoms with van der Waals surface area (Å²) in [5.74, 6) is 1.58. The predicted octanol–water partition coefficient (Wildman–Crippen LogP) is 4.39. The zero-order chi connectivity index (χ0) is 16.6. The lowest BCUT2D eigenvalue weighted by Gasteiger charge is -2.11. The van der Waals surface area contributed by atoms with Gasteiger partial charge in [-0.2, -0.15) is 9.61 Å². The monoisotopic (exact) mass is 308 g/mol. The van der Waals surface area contributed by atoms with Gasteiger partial charge in [-0.25, -0.2) is 4.98 Å². The van der Waals surface area contributed by atoms with Crippen LogP contribution in [0.5, 0.6) is 0 Å². The summed E-state index contributed by atoms with van der Waals surface area (Å²) in [5, 5.41) is 8.31. The minimum Gasteiger partial charge on any atom is -0.370 e. The Morgan fingerprint density at radius 2 is 1.78 bits per heavy atom. The maximum Gasteiger partial charge on any atom is 0.161 e. The normalized spacial score (nSPS) is 11.4. The van der Waals surface area contributed by atoms with E-state index in [9.17, 15) is 0 Å². The van der Waals surface area contributed by atoms with Crippen LogP contribution >= 0.6 is 0 Å². The van der Waals surface area contributed by atoms with Crippen LogP contribution in [0.25, 0.3) is 16.9 Å². The molecule has 1 aromatic carbocycles. The van der Waals surface area contributed by atoms with Gasteiger partial charge in [0.2, 0.25) is 0 Å². The lowest BCUT2D eigenvalue weighted by atomic mass is 10.1. The Morgan fingerprint density at radius 3 is 2.43 bits per heavy atom. The average molecular weight is 308 g/mol. The van der Waals surface area contributed by atoms with Crippen LogP contribution in [-0.4, -0.2) is 21.1 Å². The van der Waals surface area contributed by atoms with E-state index in [0.717, 1.165) is 40.5 Å². The smallest absolute Gasteiger partial charge is 0.161 e. The lowest BCUT2D eigenvalue weighted by molar-refractivity contribution is 0.683. The van der Waals surface area contributed by atoms with Crippen LogP contribution in [0.3, 0.4) is 0 Å². The van der Waals surface area contributed by atoms with Crippen molar-refractivity contribution in [1.82, 2.24) is 14.6 Å². The Morgan fingerprint density at radius 1 is 1.09 bits per heavy atom. The van der Waals surface area contributed by atoms with Gasteiger partial charge in [-0.15, -0.1) is 0 Å². The molecule has 1 N–H and O–H groups in total. The highest BCUT2D eigenvalue weighted by molar-refractivity contribution is 5.71. The Balaban J connectivity index is 2.13. The summed E-state index contributed by atoms with van der Waals surface area (Å²) < 4.78 is 1.93. The summed E-state index contributed by atoms with van der Waals surface area (Å²) in [6.45, 7) is 11.5. The van der Waals surface area contributed by atoms with Gasteiger partial charge in [0.1, 0.15) is 5.82 Å². The molecule has 3 aromatic rings. The van der Waals surface area contributed by atoms with E-state index in [1.54, 1.807) is 0 Å². The van der Waals surface area contributed by atoms with Crippen molar-refractivity contribution in [3.05, 3.63) is 47.2 Å². The molecule has 0 aliphatic heterocycles. The minimum absolute atomic E-state index is 0.576. The van der Waals surface area contributed by atoms with Crippen LogP contribution in [-0.2, 0) is 0 Å². The van der Waals surface area contributed by atoms with Crippen LogP contribution in [0.2, 0.25) is 0 Å². The fourth-order valence-corrected chi connectivity index (χ4v) is 2.66. The second kappa shape index (κ2) is 6.03. The van der Waals surface area contributed by atoms with Gasteiger partial charge in [0.05, 0.1) is 5.69 Å². The molecule has 2 aromatic heterocycles. The molecule has 0 aliphatic carbocycles. The number of nitrogens with one attached hydrogen (secondary N) is 1. The van der Waals surface area contributed by atoms with Crippen molar-refractivity contribution < 1.29 is 0 Å². The van der Waals surface area contributed by atoms with Crippen molar-refractivity contribution in [2.24, 2.45) is 5.92 Å². The number of aromatic nitrogens is 3. The summed E-state index contributed by atoms with van der Waals surface area (Å²) >= 11 is 0. The molecular weight excluding hydrogens is 284 g/mol. The molecule has 0 spiro atoms. The number of fused-ring (bicyclic) bond motifs is 1. The number of hydrogen-bond donors (Lipinski definition) is 1. The molecule has 2 heterocycles. The van der Waals surface area contributed by atoms with E-state index in [4.69, 9.17) is 5.10 Å². The molecular formula is C19H24N4. The van der Waals surface area contributed by atoms with Gasteiger partial charge in [0.25, 0.3) is 0 Å². The van der Waals surface area contributed by atoms with E-state index in [1.165, 1.54) is 5.56 Å². The first-order chi connectivity index (χ1) is 11.0. The maximum absolute atomic E-state index is 4.82. The average Bonchev–Trinajstić information content (AvgIpc) is 2.83. The highest BCUT2D eigenvalue weighted by Gasteiger charge is 2.15. The van der Waals surface area contributed by atoms with E-state index < -0.39 is 0 Å². The topological polar surface area (TPSA) is 42.2 Å². The summed E-state index contributed by atoms with van der Waals surface area (Å²) in [4.78, 5) is 4.69. The molecule has 0 atom stereocenters. The van der Waals surface area contributed by atoms with Gasteiger partial charge in [0, 0.05) is 29.4 Å². The standard InChI is InChI=1S/C19H24N4/c1-12(2)11-20-17-10-14(4)21-19-15(5)18(22-23(17)19)16-8-6-13(3)7-9-16/h6-10,12,20H,11H2,1-5H3. The summed E-state index contributed by atoms with van der Waals surface area (Å²) in [6.07, 6.45) is 0. The van der Waals surface area contributed by atoms with E-state index in [2.05, 4.69) is 68.3 Å². The van der Waals surface area contributed by atoms with Crippen LogP contribution in [0.1, 0.15) is 30.7 Å². The molecule has 0 radical (unpaired) electrons. The van der Waals surface area contributed by atoms with Gasteiger partial charge in [-0.3, -0.25) is 0 Å². The van der Waals surface area contributed by atoms with Crippen molar-refractivity contribution in [3.8, 4) is 11.3 Å². The molecule has 0 unspecified atom stereocenters. The fraction of sp³-hybridized carbons (Fsp3) is 0.368. The quantitative estimate of drug-likeness (QED) is 0.777. The SMILES string of the molecule is Cc1ccc(-c2nn3c(NCC(C)C)cc(C)nc3c2C)cc1. The molecule has 0 aliphatic rings. The number of benzene rings is 1. The van der Waals surface area contributed by atoms with Gasteiger partial charge in [-0.05, 0) is 26.7 Å². The number of aryl methyl sites for hydroxylation is 3. The first-order valence-corrected chi connectivity index (χ1v) is 8.13. The van der Waals surface area contributed by atoms with Crippen molar-refractivity contribution in [2.45, 2.75) is 34.6 Å². The third kappa shape index (κ3) is 3.07. The van der Waals surface area contributed by atoms with E-state index in [1.807, 2.05) is 11.4 Å². The van der Waals surface area contributed by atoms with Gasteiger partial charge in [0.15, 0.2) is 5.65 Å². The van der Waals surface area contributed by atoms with E-state index >= 15 is 0 Å². The number of rotatable bonds is 4. The third-order valence-electron chi connectivity index (χ3n) is 3.96. The molecule has 3 rings (SSSR count). The van der Waals surface area contributed by atoms with Crippen LogP contribution < -0.4 is 5.32 Å². The molecule has 0 bridgehead atoms. The predicted molar refractivity (Wildman–Crippen MR) is 96.0 cm³/mol. The second-order valence-corrected chi connectivity index (χ2v) is 6.63. The minimum atomic E-state index is 0.576. The van der Waals surface area contributed by atoms with E-state index in [-0.39, 0.29) is 0 Å². The van der Waals surface area contributed by atoms with Crippen molar-refractivity contribution in [2.75, 3.05) is 11.9 Å². The summed E-state index contributed by atoms with van der Waals surface area (Å²) in [5.41, 5.74) is 6.42. The van der Waals surface area contributed by atoms with Crippen LogP contribution in [0.15, 0.2) is 30.3 Å². The van der Waals surface area contributed by atoms with Gasteiger partial charge >= 0.3 is 0 Å². The van der Waals surface area contributed by atoms with Crippen molar-refractivity contribution >= 4 is 11.5 Å². The van der Waals surface area contributed by atoms with Crippen molar-refractivity contribution in [1.29, 1.82) is 0 Å². The second-order valence-electron chi connectivity index (χ2n) is 6.63. The maximum atomic E-state index is 4.82. The van der Waals surface area contributed by atoms with Gasteiger partial charge < -0.3 is 5.32 Å². The van der Waals surface area contributed by atoms with E-state index in [0.29, 0.717) is 5.92 Å². The largest absolute Gasteiger partial charge is 0.370 e. The molecule has 0 fully saturated rings. The lowest BCUT2D eigenvalue weighted by Crippen LogP contribution is -2.12. The molecule has 23 heavy (non-hydrogen) atoms.